The van der Waals surface area contributed by atoms with E-state index in [1.807, 2.05) is 0 Å². The fourth-order valence-electron chi connectivity index (χ4n) is 1.94. The van der Waals surface area contributed by atoms with Gasteiger partial charge in [0, 0.05) is 12.1 Å². The maximum Gasteiger partial charge on any atom is 0.456 e. The van der Waals surface area contributed by atoms with E-state index in [1.165, 1.54) is 0 Å². The Bertz CT molecular complexity index is 1140. The molecule has 176 valence electrons. The van der Waals surface area contributed by atoms with E-state index in [2.05, 4.69) is 9.72 Å². The molecule has 16 heteroatoms. The number of nitrogens with zero attached hydrogens (tertiary/aromatic N) is 1. The molecule has 0 spiro atoms. The first-order valence-corrected chi connectivity index (χ1v) is 10.6. The third-order valence-corrected chi connectivity index (χ3v) is 4.48. The highest BCUT2D eigenvalue weighted by Crippen LogP contribution is 2.37. The minimum absolute atomic E-state index is 0.250. The van der Waals surface area contributed by atoms with E-state index in [-0.39, 0.29) is 16.5 Å². The van der Waals surface area contributed by atoms with E-state index in [1.54, 1.807) is 4.72 Å². The molecule has 0 saturated heterocycles. The number of ether oxygens (including phenoxy) is 2. The number of hydrogen-bond donors (Lipinski definition) is 1. The maximum absolute atomic E-state index is 14.2. The van der Waals surface area contributed by atoms with Gasteiger partial charge in [-0.25, -0.2) is 22.5 Å². The lowest BCUT2D eigenvalue weighted by Crippen LogP contribution is -2.41. The van der Waals surface area contributed by atoms with Crippen LogP contribution in [0.25, 0.3) is 0 Å². The molecular weight excluding hydrogens is 517 g/mol. The molecule has 0 saturated carbocycles. The van der Waals surface area contributed by atoms with Gasteiger partial charge < -0.3 is 9.47 Å². The lowest BCUT2D eigenvalue weighted by molar-refractivity contribution is -0.290. The van der Waals surface area contributed by atoms with E-state index >= 15 is 0 Å². The summed E-state index contributed by atoms with van der Waals surface area (Å²) in [6.07, 6.45) is -4.35. The van der Waals surface area contributed by atoms with Crippen LogP contribution in [0.3, 0.4) is 0 Å². The van der Waals surface area contributed by atoms with Crippen molar-refractivity contribution in [2.75, 3.05) is 12.9 Å². The number of amides is 1. The molecule has 7 nitrogen and oxygen atoms in total. The van der Waals surface area contributed by atoms with Gasteiger partial charge in [0.15, 0.2) is 6.61 Å². The Balaban J connectivity index is 2.19. The van der Waals surface area contributed by atoms with Crippen LogP contribution in [0.4, 0.5) is 26.3 Å². The Morgan fingerprint density at radius 1 is 1.12 bits per heavy atom. The Morgan fingerprint density at radius 3 is 2.28 bits per heavy atom. The number of halogens is 8. The van der Waals surface area contributed by atoms with Crippen LogP contribution in [0.5, 0.6) is 17.4 Å². The lowest BCUT2D eigenvalue weighted by Gasteiger charge is -2.19. The largest absolute Gasteiger partial charge is 0.470 e. The molecular formula is C16H10Cl2F6N2O5S. The number of rotatable bonds is 7. The van der Waals surface area contributed by atoms with Gasteiger partial charge in [0.25, 0.3) is 5.91 Å². The van der Waals surface area contributed by atoms with E-state index in [0.717, 1.165) is 18.3 Å². The van der Waals surface area contributed by atoms with E-state index < -0.39 is 56.9 Å². The van der Waals surface area contributed by atoms with Crippen molar-refractivity contribution in [2.45, 2.75) is 12.1 Å². The number of alkyl halides is 5. The van der Waals surface area contributed by atoms with Crippen molar-refractivity contribution in [3.8, 4) is 17.4 Å². The van der Waals surface area contributed by atoms with Crippen LogP contribution >= 0.6 is 23.2 Å². The molecule has 0 atom stereocenters. The second-order valence-corrected chi connectivity index (χ2v) is 8.58. The Labute approximate surface area is 186 Å². The van der Waals surface area contributed by atoms with Gasteiger partial charge in [-0.2, -0.15) is 22.0 Å². The first-order chi connectivity index (χ1) is 14.5. The molecule has 0 unspecified atom stereocenters. The first-order valence-electron chi connectivity index (χ1n) is 7.92. The summed E-state index contributed by atoms with van der Waals surface area (Å²) in [4.78, 5) is 15.2. The van der Waals surface area contributed by atoms with Gasteiger partial charge in [0.05, 0.1) is 23.0 Å². The van der Waals surface area contributed by atoms with Gasteiger partial charge in [-0.05, 0) is 6.07 Å². The Morgan fingerprint density at radius 2 is 1.75 bits per heavy atom. The fourth-order valence-corrected chi connectivity index (χ4v) is 2.80. The van der Waals surface area contributed by atoms with E-state index in [0.29, 0.717) is 12.3 Å². The molecule has 32 heavy (non-hydrogen) atoms. The summed E-state index contributed by atoms with van der Waals surface area (Å²) in [5.41, 5.74) is -0.710. The van der Waals surface area contributed by atoms with Gasteiger partial charge in [0.1, 0.15) is 22.3 Å². The van der Waals surface area contributed by atoms with E-state index in [9.17, 15) is 39.6 Å². The molecule has 0 aliphatic heterocycles. The molecule has 0 aliphatic carbocycles. The zero-order chi connectivity index (χ0) is 24.5. The van der Waals surface area contributed by atoms with Crippen molar-refractivity contribution >= 4 is 39.1 Å². The number of sulfonamides is 1. The predicted octanol–water partition coefficient (Wildman–Crippen LogP) is 4.59. The van der Waals surface area contributed by atoms with Crippen LogP contribution in [0.2, 0.25) is 10.0 Å². The summed E-state index contributed by atoms with van der Waals surface area (Å²) in [6, 6.07) is 2.33. The molecule has 0 fully saturated rings. The average molecular weight is 527 g/mol. The van der Waals surface area contributed by atoms with Gasteiger partial charge in [0.2, 0.25) is 15.9 Å². The maximum atomic E-state index is 14.2. The topological polar surface area (TPSA) is 94.6 Å². The predicted molar refractivity (Wildman–Crippen MR) is 99.5 cm³/mol. The normalized spacial score (nSPS) is 12.4. The van der Waals surface area contributed by atoms with Crippen LogP contribution < -0.4 is 14.2 Å². The minimum Gasteiger partial charge on any atom is -0.470 e. The molecule has 0 aliphatic rings. The minimum atomic E-state index is -5.84. The monoisotopic (exact) mass is 526 g/mol. The molecule has 1 aromatic heterocycles. The molecule has 1 heterocycles. The molecule has 0 radical (unpaired) electrons. The summed E-state index contributed by atoms with van der Waals surface area (Å²) in [5, 5.41) is -0.854. The van der Waals surface area contributed by atoms with Crippen molar-refractivity contribution in [1.82, 2.24) is 9.71 Å². The molecule has 1 amide bonds. The van der Waals surface area contributed by atoms with Gasteiger partial charge in [-0.15, -0.1) is 0 Å². The summed E-state index contributed by atoms with van der Waals surface area (Å²) in [5.74, 6) is -9.04. The van der Waals surface area contributed by atoms with Crippen molar-refractivity contribution in [2.24, 2.45) is 0 Å². The highest BCUT2D eigenvalue weighted by atomic mass is 35.5. The van der Waals surface area contributed by atoms with Crippen LogP contribution in [0, 0.1) is 5.82 Å². The second kappa shape index (κ2) is 9.19. The highest BCUT2D eigenvalue weighted by Gasteiger charge is 2.58. The quantitative estimate of drug-likeness (QED) is 0.530. The number of nitrogens with one attached hydrogen (secondary N) is 1. The first kappa shape index (κ1) is 25.8. The fraction of sp³-hybridized carbons (Fsp3) is 0.250. The second-order valence-electron chi connectivity index (χ2n) is 6.02. The average Bonchev–Trinajstić information content (AvgIpc) is 2.61. The number of benzene rings is 1. The van der Waals surface area contributed by atoms with Crippen LogP contribution in [0.15, 0.2) is 24.4 Å². The summed E-state index contributed by atoms with van der Waals surface area (Å²) in [6.45, 7) is -2.07. The van der Waals surface area contributed by atoms with Crippen LogP contribution in [-0.2, 0) is 10.0 Å². The molecule has 0 bridgehead atoms. The standard InChI is InChI=1S/C16H10Cl2F6N2O5S/c1-32(28,29)26-13(27)8-3-9(17)12(4-11(8)19)31-7-2-10(18)14(25-5-7)30-6-15(20,21)16(22,23)24/h2-5H,6H2,1H3,(H,26,27). The van der Waals surface area contributed by atoms with E-state index in [4.69, 9.17) is 27.9 Å². The third-order valence-electron chi connectivity index (χ3n) is 3.36. The number of hydrogen-bond acceptors (Lipinski definition) is 6. The van der Waals surface area contributed by atoms with Crippen molar-refractivity contribution in [3.63, 3.8) is 0 Å². The molecule has 1 aromatic carbocycles. The van der Waals surface area contributed by atoms with Gasteiger partial charge >= 0.3 is 12.1 Å². The summed E-state index contributed by atoms with van der Waals surface area (Å²) >= 11 is 11.6. The SMILES string of the molecule is CS(=O)(=O)NC(=O)c1cc(Cl)c(Oc2cnc(OCC(F)(F)C(F)(F)F)c(Cl)c2)cc1F. The third kappa shape index (κ3) is 6.53. The van der Waals surface area contributed by atoms with Crippen molar-refractivity contribution in [3.05, 3.63) is 45.8 Å². The number of carbonyl (C=O) groups excluding carboxylic acids is 1. The Hall–Kier alpha value is -2.45. The summed E-state index contributed by atoms with van der Waals surface area (Å²) in [7, 11) is -3.98. The smallest absolute Gasteiger partial charge is 0.456 e. The van der Waals surface area contributed by atoms with Crippen molar-refractivity contribution in [1.29, 1.82) is 0 Å². The van der Waals surface area contributed by atoms with Crippen LogP contribution in [-0.4, -0.2) is 44.3 Å². The zero-order valence-electron chi connectivity index (χ0n) is 15.4. The highest BCUT2D eigenvalue weighted by molar-refractivity contribution is 7.89. The van der Waals surface area contributed by atoms with Gasteiger partial charge in [-0.1, -0.05) is 23.2 Å². The molecule has 1 N–H and O–H groups in total. The van der Waals surface area contributed by atoms with Gasteiger partial charge in [-0.3, -0.25) is 4.79 Å². The number of pyridine rings is 1. The molecule has 2 aromatic rings. The number of carbonyl (C=O) groups is 1. The molecule has 2 rings (SSSR count). The Kier molecular flexibility index (Phi) is 7.41. The number of aromatic nitrogens is 1. The van der Waals surface area contributed by atoms with Crippen molar-refractivity contribution < 1.29 is 49.0 Å². The summed E-state index contributed by atoms with van der Waals surface area (Å²) < 4.78 is 110. The lowest BCUT2D eigenvalue weighted by atomic mass is 10.2. The zero-order valence-corrected chi connectivity index (χ0v) is 17.8. The van der Waals surface area contributed by atoms with Crippen LogP contribution in [0.1, 0.15) is 10.4 Å².